The van der Waals surface area contributed by atoms with Gasteiger partial charge in [0.05, 0.1) is 12.2 Å². The van der Waals surface area contributed by atoms with Crippen molar-refractivity contribution < 1.29 is 13.2 Å². The van der Waals surface area contributed by atoms with E-state index in [-0.39, 0.29) is 10.1 Å². The van der Waals surface area contributed by atoms with Crippen LogP contribution in [0.4, 0.5) is 0 Å². The Morgan fingerprint density at radius 3 is 2.91 bits per heavy atom. The molecule has 2 aromatic rings. The molecule has 1 N–H and O–H groups in total. The van der Waals surface area contributed by atoms with Gasteiger partial charge < -0.3 is 5.32 Å². The molecule has 0 saturated carbocycles. The average Bonchev–Trinajstić information content (AvgIpc) is 3.25. The van der Waals surface area contributed by atoms with Crippen LogP contribution in [0.2, 0.25) is 0 Å². The van der Waals surface area contributed by atoms with Crippen LogP contribution in [0.15, 0.2) is 46.1 Å². The van der Waals surface area contributed by atoms with E-state index in [0.717, 1.165) is 5.69 Å². The lowest BCUT2D eigenvalue weighted by Crippen LogP contribution is -2.45. The summed E-state index contributed by atoms with van der Waals surface area (Å²) in [6.45, 7) is 0.672. The van der Waals surface area contributed by atoms with Gasteiger partial charge in [-0.15, -0.1) is 11.3 Å². The van der Waals surface area contributed by atoms with Gasteiger partial charge in [-0.2, -0.15) is 4.31 Å². The van der Waals surface area contributed by atoms with E-state index in [2.05, 4.69) is 10.3 Å². The second-order valence-electron chi connectivity index (χ2n) is 5.24. The standard InChI is InChI=1S/C15H17N3O3S2/c19-15(17-11-12-5-1-2-8-16-12)13-6-3-9-18(13)23(20,21)14-7-4-10-22-14/h1-2,4-5,7-8,10,13H,3,6,9,11H2,(H,17,19). The van der Waals surface area contributed by atoms with Crippen molar-refractivity contribution in [3.8, 4) is 0 Å². The fraction of sp³-hybridized carbons (Fsp3) is 0.333. The molecule has 8 heteroatoms. The maximum Gasteiger partial charge on any atom is 0.253 e. The molecule has 0 radical (unpaired) electrons. The molecule has 1 aliphatic heterocycles. The van der Waals surface area contributed by atoms with Crippen molar-refractivity contribution in [2.45, 2.75) is 29.6 Å². The van der Waals surface area contributed by atoms with E-state index >= 15 is 0 Å². The van der Waals surface area contributed by atoms with E-state index < -0.39 is 16.1 Å². The number of hydrogen-bond acceptors (Lipinski definition) is 5. The molecule has 1 fully saturated rings. The lowest BCUT2D eigenvalue weighted by molar-refractivity contribution is -0.124. The zero-order chi connectivity index (χ0) is 16.3. The van der Waals surface area contributed by atoms with Gasteiger partial charge in [-0.25, -0.2) is 8.42 Å². The normalized spacial score (nSPS) is 18.9. The quantitative estimate of drug-likeness (QED) is 0.888. The maximum atomic E-state index is 12.6. The summed E-state index contributed by atoms with van der Waals surface area (Å²) in [6, 6.07) is 8.08. The third-order valence-electron chi connectivity index (χ3n) is 3.73. The zero-order valence-electron chi connectivity index (χ0n) is 12.4. The highest BCUT2D eigenvalue weighted by molar-refractivity contribution is 7.91. The van der Waals surface area contributed by atoms with Gasteiger partial charge in [-0.1, -0.05) is 12.1 Å². The third-order valence-corrected chi connectivity index (χ3v) is 7.02. The van der Waals surface area contributed by atoms with Crippen molar-refractivity contribution in [1.29, 1.82) is 0 Å². The Balaban J connectivity index is 1.70. The Morgan fingerprint density at radius 1 is 1.35 bits per heavy atom. The Bertz CT molecular complexity index is 761. The number of hydrogen-bond donors (Lipinski definition) is 1. The molecule has 122 valence electrons. The summed E-state index contributed by atoms with van der Waals surface area (Å²) in [7, 11) is -3.60. The summed E-state index contributed by atoms with van der Waals surface area (Å²) in [5.41, 5.74) is 0.742. The summed E-state index contributed by atoms with van der Waals surface area (Å²) < 4.78 is 26.8. The second kappa shape index (κ2) is 6.77. The van der Waals surface area contributed by atoms with Gasteiger partial charge in [0.25, 0.3) is 10.0 Å². The number of aromatic nitrogens is 1. The van der Waals surface area contributed by atoms with Crippen LogP contribution >= 0.6 is 11.3 Å². The minimum Gasteiger partial charge on any atom is -0.349 e. The third kappa shape index (κ3) is 3.44. The molecule has 1 aliphatic rings. The molecule has 1 atom stereocenters. The number of nitrogens with zero attached hydrogens (tertiary/aromatic N) is 2. The summed E-state index contributed by atoms with van der Waals surface area (Å²) >= 11 is 1.17. The highest BCUT2D eigenvalue weighted by Crippen LogP contribution is 2.28. The van der Waals surface area contributed by atoms with Crippen molar-refractivity contribution in [2.75, 3.05) is 6.54 Å². The average molecular weight is 351 g/mol. The molecule has 3 heterocycles. The zero-order valence-corrected chi connectivity index (χ0v) is 14.0. The smallest absolute Gasteiger partial charge is 0.253 e. The van der Waals surface area contributed by atoms with Crippen LogP contribution in [0, 0.1) is 0 Å². The van der Waals surface area contributed by atoms with E-state index in [9.17, 15) is 13.2 Å². The van der Waals surface area contributed by atoms with E-state index in [1.54, 1.807) is 29.8 Å². The molecule has 0 spiro atoms. The topological polar surface area (TPSA) is 79.4 Å². The predicted molar refractivity (Wildman–Crippen MR) is 87.3 cm³/mol. The maximum absolute atomic E-state index is 12.6. The Morgan fingerprint density at radius 2 is 2.22 bits per heavy atom. The molecular formula is C15H17N3O3S2. The van der Waals surface area contributed by atoms with E-state index in [1.165, 1.54) is 15.6 Å². The molecular weight excluding hydrogens is 334 g/mol. The van der Waals surface area contributed by atoms with Gasteiger partial charge in [0, 0.05) is 12.7 Å². The van der Waals surface area contributed by atoms with Gasteiger partial charge >= 0.3 is 0 Å². The largest absolute Gasteiger partial charge is 0.349 e. The van der Waals surface area contributed by atoms with Crippen molar-refractivity contribution in [1.82, 2.24) is 14.6 Å². The van der Waals surface area contributed by atoms with Gasteiger partial charge in [-0.3, -0.25) is 9.78 Å². The molecule has 0 aromatic carbocycles. The van der Waals surface area contributed by atoms with Gasteiger partial charge in [-0.05, 0) is 36.4 Å². The first-order valence-corrected chi connectivity index (χ1v) is 9.64. The van der Waals surface area contributed by atoms with Crippen molar-refractivity contribution >= 4 is 27.3 Å². The van der Waals surface area contributed by atoms with Crippen LogP contribution in [-0.2, 0) is 21.4 Å². The number of rotatable bonds is 5. The minimum absolute atomic E-state index is 0.270. The first-order valence-electron chi connectivity index (χ1n) is 7.32. The lowest BCUT2D eigenvalue weighted by Gasteiger charge is -2.22. The van der Waals surface area contributed by atoms with Crippen molar-refractivity contribution in [3.05, 3.63) is 47.6 Å². The van der Waals surface area contributed by atoms with Crippen molar-refractivity contribution in [2.24, 2.45) is 0 Å². The molecule has 6 nitrogen and oxygen atoms in total. The summed E-state index contributed by atoms with van der Waals surface area (Å²) in [6.07, 6.45) is 2.88. The van der Waals surface area contributed by atoms with Gasteiger partial charge in [0.1, 0.15) is 10.3 Å². The van der Waals surface area contributed by atoms with Crippen LogP contribution in [-0.4, -0.2) is 36.2 Å². The number of pyridine rings is 1. The fourth-order valence-corrected chi connectivity index (χ4v) is 5.39. The van der Waals surface area contributed by atoms with Crippen LogP contribution in [0.25, 0.3) is 0 Å². The molecule has 2 aromatic heterocycles. The van der Waals surface area contributed by atoms with E-state index in [1.807, 2.05) is 12.1 Å². The number of carbonyl (C=O) groups excluding carboxylic acids is 1. The first kappa shape index (κ1) is 16.1. The predicted octanol–water partition coefficient (Wildman–Crippen LogP) is 1.61. The second-order valence-corrected chi connectivity index (χ2v) is 8.31. The Labute approximate surface area is 139 Å². The molecule has 3 rings (SSSR count). The monoisotopic (exact) mass is 351 g/mol. The van der Waals surface area contributed by atoms with Crippen molar-refractivity contribution in [3.63, 3.8) is 0 Å². The fourth-order valence-electron chi connectivity index (χ4n) is 2.61. The number of sulfonamides is 1. The molecule has 1 unspecified atom stereocenters. The number of carbonyl (C=O) groups is 1. The van der Waals surface area contributed by atoms with Crippen LogP contribution in [0.1, 0.15) is 18.5 Å². The SMILES string of the molecule is O=C(NCc1ccccn1)C1CCCN1S(=O)(=O)c1cccs1. The summed E-state index contributed by atoms with van der Waals surface area (Å²) in [5, 5.41) is 4.51. The van der Waals surface area contributed by atoms with Crippen LogP contribution in [0.5, 0.6) is 0 Å². The molecule has 1 saturated heterocycles. The Kier molecular flexibility index (Phi) is 4.74. The molecule has 0 aliphatic carbocycles. The molecule has 23 heavy (non-hydrogen) atoms. The summed E-state index contributed by atoms with van der Waals surface area (Å²) in [4.78, 5) is 16.5. The highest BCUT2D eigenvalue weighted by atomic mass is 32.2. The summed E-state index contributed by atoms with van der Waals surface area (Å²) in [5.74, 6) is -0.270. The van der Waals surface area contributed by atoms with E-state index in [0.29, 0.717) is 25.9 Å². The van der Waals surface area contributed by atoms with Gasteiger partial charge in [0.15, 0.2) is 0 Å². The van der Waals surface area contributed by atoms with Crippen LogP contribution < -0.4 is 5.32 Å². The minimum atomic E-state index is -3.60. The van der Waals surface area contributed by atoms with Crippen LogP contribution in [0.3, 0.4) is 0 Å². The Hall–Kier alpha value is -1.77. The number of nitrogens with one attached hydrogen (secondary N) is 1. The lowest BCUT2D eigenvalue weighted by atomic mass is 10.2. The highest BCUT2D eigenvalue weighted by Gasteiger charge is 2.39. The van der Waals surface area contributed by atoms with E-state index in [4.69, 9.17) is 0 Å². The first-order chi connectivity index (χ1) is 11.1. The molecule has 1 amide bonds. The number of thiophene rings is 1. The number of amides is 1. The molecule has 0 bridgehead atoms. The van der Waals surface area contributed by atoms with Gasteiger partial charge in [0.2, 0.25) is 5.91 Å².